The minimum absolute atomic E-state index is 0.176. The molecule has 1 aliphatic rings. The summed E-state index contributed by atoms with van der Waals surface area (Å²) < 4.78 is 7.32. The van der Waals surface area contributed by atoms with E-state index in [1.165, 1.54) is 6.33 Å². The maximum absolute atomic E-state index is 12.7. The molecule has 2 aromatic heterocycles. The average Bonchev–Trinajstić information content (AvgIpc) is 3.29. The van der Waals surface area contributed by atoms with Gasteiger partial charge in [-0.05, 0) is 44.0 Å². The molecular weight excluding hydrogens is 442 g/mol. The number of carbonyl (C=O) groups excluding carboxylic acids is 1. The van der Waals surface area contributed by atoms with E-state index in [4.69, 9.17) is 15.6 Å². The van der Waals surface area contributed by atoms with Crippen molar-refractivity contribution in [3.63, 3.8) is 0 Å². The number of methoxy groups -OCH3 is 1. The molecule has 1 amide bonds. The van der Waals surface area contributed by atoms with Crippen molar-refractivity contribution in [2.24, 2.45) is 0 Å². The highest BCUT2D eigenvalue weighted by Gasteiger charge is 2.23. The van der Waals surface area contributed by atoms with Crippen molar-refractivity contribution in [2.45, 2.75) is 32.4 Å². The lowest BCUT2D eigenvalue weighted by Gasteiger charge is -2.23. The van der Waals surface area contributed by atoms with Crippen molar-refractivity contribution >= 4 is 22.8 Å². The number of hydrogen-bond donors (Lipinski definition) is 3. The maximum atomic E-state index is 12.7. The summed E-state index contributed by atoms with van der Waals surface area (Å²) in [5.41, 5.74) is 11.2. The van der Waals surface area contributed by atoms with Gasteiger partial charge in [-0.25, -0.2) is 14.6 Å². The van der Waals surface area contributed by atoms with E-state index >= 15 is 0 Å². The molecule has 0 saturated carbocycles. The Labute approximate surface area is 203 Å². The van der Waals surface area contributed by atoms with Crippen LogP contribution in [0.3, 0.4) is 0 Å². The SMILES string of the molecule is COc1ccc(C)cc1C(=O)NCc1ccc(-c2nn([C@@H]3CCCNC3)c3ncnc(N)c23)cc1. The number of nitrogen functional groups attached to an aromatic ring is 1. The van der Waals surface area contributed by atoms with Crippen LogP contribution in [0, 0.1) is 6.92 Å². The summed E-state index contributed by atoms with van der Waals surface area (Å²) in [6.45, 7) is 4.21. The summed E-state index contributed by atoms with van der Waals surface area (Å²) in [5.74, 6) is 0.799. The van der Waals surface area contributed by atoms with Crippen molar-refractivity contribution in [3.05, 3.63) is 65.5 Å². The van der Waals surface area contributed by atoms with Crippen molar-refractivity contribution in [3.8, 4) is 17.0 Å². The standard InChI is InChI=1S/C26H29N7O2/c1-16-5-10-21(35-2)20(12-16)26(34)29-13-17-6-8-18(9-7-17)23-22-24(27)30-15-31-25(22)33(32-23)19-4-3-11-28-14-19/h5-10,12,15,19,28H,3-4,11,13-14H2,1-2H3,(H,29,34)(H2,27,30,31)/t19-/m1/s1. The lowest BCUT2D eigenvalue weighted by molar-refractivity contribution is 0.0948. The molecule has 9 heteroatoms. The van der Waals surface area contributed by atoms with Crippen molar-refractivity contribution in [1.29, 1.82) is 0 Å². The Bertz CT molecular complexity index is 1360. The Kier molecular flexibility index (Phi) is 6.33. The first-order chi connectivity index (χ1) is 17.0. The van der Waals surface area contributed by atoms with Gasteiger partial charge in [-0.3, -0.25) is 4.79 Å². The Balaban J connectivity index is 1.38. The van der Waals surface area contributed by atoms with Crippen LogP contribution < -0.4 is 21.1 Å². The zero-order valence-electron chi connectivity index (χ0n) is 19.9. The van der Waals surface area contributed by atoms with E-state index in [1.807, 2.05) is 48.0 Å². The molecule has 0 unspecified atom stereocenters. The van der Waals surface area contributed by atoms with Crippen molar-refractivity contribution in [2.75, 3.05) is 25.9 Å². The number of benzene rings is 2. The molecule has 1 atom stereocenters. The third-order valence-corrected chi connectivity index (χ3v) is 6.41. The van der Waals surface area contributed by atoms with Crippen LogP contribution in [0.5, 0.6) is 5.75 Å². The quantitative estimate of drug-likeness (QED) is 0.395. The van der Waals surface area contributed by atoms with E-state index in [0.717, 1.165) is 59.3 Å². The molecule has 2 aromatic carbocycles. The van der Waals surface area contributed by atoms with E-state index < -0.39 is 0 Å². The van der Waals surface area contributed by atoms with Crippen LogP contribution in [-0.4, -0.2) is 45.9 Å². The number of rotatable bonds is 6. The largest absolute Gasteiger partial charge is 0.496 e. The van der Waals surface area contributed by atoms with Gasteiger partial charge >= 0.3 is 0 Å². The van der Waals surface area contributed by atoms with Crippen LogP contribution in [0.4, 0.5) is 5.82 Å². The summed E-state index contributed by atoms with van der Waals surface area (Å²) in [4.78, 5) is 21.4. The number of piperidine rings is 1. The lowest BCUT2D eigenvalue weighted by Crippen LogP contribution is -2.32. The van der Waals surface area contributed by atoms with Crippen LogP contribution in [0.2, 0.25) is 0 Å². The Hall–Kier alpha value is -3.98. The van der Waals surface area contributed by atoms with Gasteiger partial charge in [0.05, 0.1) is 24.1 Å². The second-order valence-electron chi connectivity index (χ2n) is 8.83. The predicted molar refractivity (Wildman–Crippen MR) is 135 cm³/mol. The molecule has 0 radical (unpaired) electrons. The van der Waals surface area contributed by atoms with Crippen LogP contribution in [0.25, 0.3) is 22.3 Å². The topological polar surface area (TPSA) is 120 Å². The summed E-state index contributed by atoms with van der Waals surface area (Å²) >= 11 is 0. The molecule has 35 heavy (non-hydrogen) atoms. The molecule has 9 nitrogen and oxygen atoms in total. The number of aryl methyl sites for hydroxylation is 1. The first-order valence-corrected chi connectivity index (χ1v) is 11.8. The van der Waals surface area contributed by atoms with Crippen LogP contribution in [-0.2, 0) is 6.54 Å². The molecule has 0 bridgehead atoms. The first-order valence-electron chi connectivity index (χ1n) is 11.8. The third kappa shape index (κ3) is 4.54. The monoisotopic (exact) mass is 471 g/mol. The number of anilines is 1. The molecule has 1 fully saturated rings. The minimum Gasteiger partial charge on any atom is -0.496 e. The number of nitrogens with zero attached hydrogens (tertiary/aromatic N) is 4. The zero-order chi connectivity index (χ0) is 24.4. The number of hydrogen-bond acceptors (Lipinski definition) is 7. The van der Waals surface area contributed by atoms with Crippen LogP contribution >= 0.6 is 0 Å². The van der Waals surface area contributed by atoms with Crippen LogP contribution in [0.15, 0.2) is 48.8 Å². The van der Waals surface area contributed by atoms with Crippen molar-refractivity contribution < 1.29 is 9.53 Å². The number of carbonyl (C=O) groups is 1. The number of ether oxygens (including phenoxy) is 1. The second kappa shape index (κ2) is 9.71. The molecule has 5 rings (SSSR count). The van der Waals surface area contributed by atoms with Crippen LogP contribution in [0.1, 0.15) is 40.4 Å². The summed E-state index contributed by atoms with van der Waals surface area (Å²) in [6.07, 6.45) is 3.62. The van der Waals surface area contributed by atoms with Gasteiger partial charge in [0.1, 0.15) is 23.6 Å². The maximum Gasteiger partial charge on any atom is 0.255 e. The molecule has 0 aliphatic carbocycles. The van der Waals surface area contributed by atoms with E-state index in [9.17, 15) is 4.79 Å². The summed E-state index contributed by atoms with van der Waals surface area (Å²) in [6, 6.07) is 13.7. The van der Waals surface area contributed by atoms with Gasteiger partial charge < -0.3 is 21.1 Å². The number of nitrogens with one attached hydrogen (secondary N) is 2. The minimum atomic E-state index is -0.176. The van der Waals surface area contributed by atoms with Crippen molar-refractivity contribution in [1.82, 2.24) is 30.4 Å². The van der Waals surface area contributed by atoms with Gasteiger partial charge in [-0.15, -0.1) is 0 Å². The highest BCUT2D eigenvalue weighted by molar-refractivity contribution is 5.98. The number of fused-ring (bicyclic) bond motifs is 1. The Morgan fingerprint density at radius 1 is 1.23 bits per heavy atom. The molecule has 1 aliphatic heterocycles. The second-order valence-corrected chi connectivity index (χ2v) is 8.83. The summed E-state index contributed by atoms with van der Waals surface area (Å²) in [5, 5.41) is 12.1. The average molecular weight is 472 g/mol. The van der Waals surface area contributed by atoms with Gasteiger partial charge in [0.25, 0.3) is 5.91 Å². The Morgan fingerprint density at radius 3 is 2.80 bits per heavy atom. The fourth-order valence-corrected chi connectivity index (χ4v) is 4.55. The molecule has 4 N–H and O–H groups in total. The number of aromatic nitrogens is 4. The molecule has 0 spiro atoms. The van der Waals surface area contributed by atoms with E-state index in [1.54, 1.807) is 13.2 Å². The zero-order valence-corrected chi connectivity index (χ0v) is 19.9. The number of amides is 1. The summed E-state index contributed by atoms with van der Waals surface area (Å²) in [7, 11) is 1.56. The predicted octanol–water partition coefficient (Wildman–Crippen LogP) is 3.25. The first kappa shape index (κ1) is 22.8. The van der Waals surface area contributed by atoms with E-state index in [-0.39, 0.29) is 11.9 Å². The van der Waals surface area contributed by atoms with Gasteiger partial charge in [-0.1, -0.05) is 35.9 Å². The molecule has 4 aromatic rings. The normalized spacial score (nSPS) is 15.8. The third-order valence-electron chi connectivity index (χ3n) is 6.41. The van der Waals surface area contributed by atoms with Gasteiger partial charge in [-0.2, -0.15) is 5.10 Å². The van der Waals surface area contributed by atoms with E-state index in [0.29, 0.717) is 23.7 Å². The highest BCUT2D eigenvalue weighted by atomic mass is 16.5. The fourth-order valence-electron chi connectivity index (χ4n) is 4.55. The van der Waals surface area contributed by atoms with E-state index in [2.05, 4.69) is 20.6 Å². The molecule has 1 saturated heterocycles. The van der Waals surface area contributed by atoms with Gasteiger partial charge in [0, 0.05) is 18.7 Å². The molecular formula is C26H29N7O2. The fraction of sp³-hybridized carbons (Fsp3) is 0.308. The Morgan fingerprint density at radius 2 is 2.06 bits per heavy atom. The van der Waals surface area contributed by atoms with Gasteiger partial charge in [0.2, 0.25) is 0 Å². The molecule has 180 valence electrons. The number of nitrogens with two attached hydrogens (primary N) is 1. The highest BCUT2D eigenvalue weighted by Crippen LogP contribution is 2.33. The van der Waals surface area contributed by atoms with Gasteiger partial charge in [0.15, 0.2) is 5.65 Å². The smallest absolute Gasteiger partial charge is 0.255 e. The molecule has 3 heterocycles. The lowest BCUT2D eigenvalue weighted by atomic mass is 10.1.